The van der Waals surface area contributed by atoms with Gasteiger partial charge in [0.15, 0.2) is 0 Å². The molecule has 2 aromatic rings. The number of thioether (sulfide) groups is 1. The molecule has 0 aromatic heterocycles. The number of benzene rings is 2. The van der Waals surface area contributed by atoms with Crippen LogP contribution in [0.25, 0.3) is 0 Å². The lowest BCUT2D eigenvalue weighted by atomic mass is 10.1. The van der Waals surface area contributed by atoms with Crippen LogP contribution in [0.4, 0.5) is 0 Å². The number of ether oxygens (including phenoxy) is 1. The van der Waals surface area contributed by atoms with Crippen molar-refractivity contribution in [3.63, 3.8) is 0 Å². The molecule has 0 aliphatic carbocycles. The van der Waals surface area contributed by atoms with Gasteiger partial charge in [-0.25, -0.2) is 0 Å². The Labute approximate surface area is 200 Å². The molecule has 1 N–H and O–H groups in total. The van der Waals surface area contributed by atoms with E-state index in [-0.39, 0.29) is 17.6 Å². The van der Waals surface area contributed by atoms with Gasteiger partial charge in [-0.05, 0) is 41.7 Å². The number of amides is 2. The van der Waals surface area contributed by atoms with Gasteiger partial charge in [0.2, 0.25) is 11.8 Å². The Morgan fingerprint density at radius 2 is 1.91 bits per heavy atom. The van der Waals surface area contributed by atoms with E-state index in [0.717, 1.165) is 16.9 Å². The van der Waals surface area contributed by atoms with Gasteiger partial charge in [0.05, 0.1) is 12.9 Å². The molecule has 0 heterocycles. The summed E-state index contributed by atoms with van der Waals surface area (Å²) >= 11 is 7.74. The third-order valence-electron chi connectivity index (χ3n) is 5.00. The molecule has 0 saturated carbocycles. The highest BCUT2D eigenvalue weighted by molar-refractivity contribution is 7.99. The maximum Gasteiger partial charge on any atom is 0.242 e. The van der Waals surface area contributed by atoms with Crippen LogP contribution >= 0.6 is 23.4 Å². The van der Waals surface area contributed by atoms with E-state index in [4.69, 9.17) is 16.3 Å². The number of halogens is 1. The Bertz CT molecular complexity index is 891. The summed E-state index contributed by atoms with van der Waals surface area (Å²) in [4.78, 5) is 27.9. The van der Waals surface area contributed by atoms with Gasteiger partial charge >= 0.3 is 0 Å². The first-order chi connectivity index (χ1) is 15.3. The number of methoxy groups -OCH3 is 1. The fraction of sp³-hybridized carbons (Fsp3) is 0.440. The summed E-state index contributed by atoms with van der Waals surface area (Å²) in [6.07, 6.45) is 0.537. The number of carbonyl (C=O) groups is 2. The van der Waals surface area contributed by atoms with Gasteiger partial charge in [0.1, 0.15) is 11.8 Å². The van der Waals surface area contributed by atoms with E-state index >= 15 is 0 Å². The van der Waals surface area contributed by atoms with Crippen LogP contribution in [-0.2, 0) is 21.9 Å². The molecule has 2 amide bonds. The van der Waals surface area contributed by atoms with Crippen LogP contribution in [0.2, 0.25) is 5.02 Å². The van der Waals surface area contributed by atoms with Crippen LogP contribution in [-0.4, -0.2) is 42.2 Å². The average molecular weight is 477 g/mol. The summed E-state index contributed by atoms with van der Waals surface area (Å²) in [6.45, 7) is 6.95. The molecule has 2 aromatic carbocycles. The van der Waals surface area contributed by atoms with Gasteiger partial charge in [-0.15, -0.1) is 11.8 Å². The van der Waals surface area contributed by atoms with Gasteiger partial charge in [0, 0.05) is 23.9 Å². The molecule has 5 nitrogen and oxygen atoms in total. The quantitative estimate of drug-likeness (QED) is 0.459. The molecule has 0 saturated heterocycles. The number of hydrogen-bond acceptors (Lipinski definition) is 4. The Balaban J connectivity index is 2.16. The molecular formula is C25H33ClN2O3S. The molecule has 32 heavy (non-hydrogen) atoms. The fourth-order valence-corrected chi connectivity index (χ4v) is 4.45. The third kappa shape index (κ3) is 8.06. The first-order valence-corrected chi connectivity index (χ1v) is 12.4. The Morgan fingerprint density at radius 3 is 2.56 bits per heavy atom. The van der Waals surface area contributed by atoms with Crippen molar-refractivity contribution >= 4 is 35.2 Å². The molecule has 0 aliphatic rings. The van der Waals surface area contributed by atoms with Crippen LogP contribution in [0.5, 0.6) is 5.75 Å². The van der Waals surface area contributed by atoms with E-state index in [0.29, 0.717) is 36.2 Å². The zero-order valence-corrected chi connectivity index (χ0v) is 20.8. The number of nitrogens with zero attached hydrogens (tertiary/aromatic N) is 1. The standard InChI is InChI=1S/C25H33ClN2O3S/c1-5-23(25(30)27-14-18(2)3)28(15-19-9-8-11-21(13-19)31-4)24(29)17-32-16-20-10-6-7-12-22(20)26/h6-13,18,23H,5,14-17H2,1-4H3,(H,27,30)/t23-/m0/s1. The van der Waals surface area contributed by atoms with Crippen LogP contribution < -0.4 is 10.1 Å². The first kappa shape index (κ1) is 26.1. The van der Waals surface area contributed by atoms with Crippen LogP contribution in [0.1, 0.15) is 38.3 Å². The third-order valence-corrected chi connectivity index (χ3v) is 6.33. The highest BCUT2D eigenvalue weighted by Crippen LogP contribution is 2.22. The summed E-state index contributed by atoms with van der Waals surface area (Å²) in [7, 11) is 1.61. The second-order valence-electron chi connectivity index (χ2n) is 8.02. The highest BCUT2D eigenvalue weighted by Gasteiger charge is 2.28. The molecule has 0 spiro atoms. The minimum absolute atomic E-state index is 0.0728. The Hall–Kier alpha value is -2.18. The van der Waals surface area contributed by atoms with E-state index in [1.54, 1.807) is 12.0 Å². The van der Waals surface area contributed by atoms with Crippen molar-refractivity contribution < 1.29 is 14.3 Å². The number of rotatable bonds is 12. The zero-order chi connectivity index (χ0) is 23.5. The second kappa shape index (κ2) is 13.4. The summed E-state index contributed by atoms with van der Waals surface area (Å²) < 4.78 is 5.32. The monoisotopic (exact) mass is 476 g/mol. The molecule has 0 bridgehead atoms. The predicted molar refractivity (Wildman–Crippen MR) is 133 cm³/mol. The van der Waals surface area contributed by atoms with Crippen LogP contribution in [0.3, 0.4) is 0 Å². The van der Waals surface area contributed by atoms with E-state index in [2.05, 4.69) is 5.32 Å². The van der Waals surface area contributed by atoms with E-state index in [1.807, 2.05) is 69.3 Å². The predicted octanol–water partition coefficient (Wildman–Crippen LogP) is 5.16. The normalized spacial score (nSPS) is 11.8. The number of hydrogen-bond donors (Lipinski definition) is 1. The van der Waals surface area contributed by atoms with E-state index in [9.17, 15) is 9.59 Å². The first-order valence-electron chi connectivity index (χ1n) is 10.9. The molecule has 2 rings (SSSR count). The molecular weight excluding hydrogens is 444 g/mol. The van der Waals surface area contributed by atoms with Crippen LogP contribution in [0.15, 0.2) is 48.5 Å². The van der Waals surface area contributed by atoms with Crippen LogP contribution in [0, 0.1) is 5.92 Å². The lowest BCUT2D eigenvalue weighted by Gasteiger charge is -2.31. The van der Waals surface area contributed by atoms with E-state index < -0.39 is 6.04 Å². The Kier molecular flexibility index (Phi) is 10.9. The molecule has 0 fully saturated rings. The largest absolute Gasteiger partial charge is 0.497 e. The summed E-state index contributed by atoms with van der Waals surface area (Å²) in [6, 6.07) is 14.7. The minimum atomic E-state index is -0.534. The van der Waals surface area contributed by atoms with Gasteiger partial charge in [0.25, 0.3) is 0 Å². The number of nitrogens with one attached hydrogen (secondary N) is 1. The minimum Gasteiger partial charge on any atom is -0.497 e. The molecule has 7 heteroatoms. The van der Waals surface area contributed by atoms with E-state index in [1.165, 1.54) is 11.8 Å². The maximum atomic E-state index is 13.3. The summed E-state index contributed by atoms with van der Waals surface area (Å²) in [5.41, 5.74) is 1.91. The average Bonchev–Trinajstić information content (AvgIpc) is 2.78. The second-order valence-corrected chi connectivity index (χ2v) is 9.41. The van der Waals surface area contributed by atoms with Gasteiger partial charge in [-0.1, -0.05) is 62.7 Å². The number of carbonyl (C=O) groups excluding carboxylic acids is 2. The summed E-state index contributed by atoms with van der Waals surface area (Å²) in [5, 5.41) is 3.68. The molecule has 0 unspecified atom stereocenters. The van der Waals surface area contributed by atoms with Crippen molar-refractivity contribution in [1.29, 1.82) is 0 Å². The SMILES string of the molecule is CC[C@@H](C(=O)NCC(C)C)N(Cc1cccc(OC)c1)C(=O)CSCc1ccccc1Cl. The maximum absolute atomic E-state index is 13.3. The smallest absolute Gasteiger partial charge is 0.242 e. The van der Waals surface area contributed by atoms with Crippen molar-refractivity contribution in [2.24, 2.45) is 5.92 Å². The fourth-order valence-electron chi connectivity index (χ4n) is 3.26. The van der Waals surface area contributed by atoms with Crippen molar-refractivity contribution in [2.75, 3.05) is 19.4 Å². The Morgan fingerprint density at radius 1 is 1.16 bits per heavy atom. The molecule has 1 atom stereocenters. The van der Waals surface area contributed by atoms with Gasteiger partial charge < -0.3 is 15.0 Å². The summed E-state index contributed by atoms with van der Waals surface area (Å²) in [5.74, 6) is 1.77. The van der Waals surface area contributed by atoms with Crippen molar-refractivity contribution in [3.05, 3.63) is 64.7 Å². The molecule has 0 radical (unpaired) electrons. The lowest BCUT2D eigenvalue weighted by molar-refractivity contribution is -0.139. The van der Waals surface area contributed by atoms with Gasteiger partial charge in [-0.3, -0.25) is 9.59 Å². The molecule has 0 aliphatic heterocycles. The van der Waals surface area contributed by atoms with Gasteiger partial charge in [-0.2, -0.15) is 0 Å². The zero-order valence-electron chi connectivity index (χ0n) is 19.3. The van der Waals surface area contributed by atoms with Crippen molar-refractivity contribution in [3.8, 4) is 5.75 Å². The molecule has 174 valence electrons. The van der Waals surface area contributed by atoms with Crippen molar-refractivity contribution in [1.82, 2.24) is 10.2 Å². The topological polar surface area (TPSA) is 58.6 Å². The lowest BCUT2D eigenvalue weighted by Crippen LogP contribution is -2.50. The van der Waals surface area contributed by atoms with Crippen molar-refractivity contribution in [2.45, 2.75) is 45.5 Å². The highest BCUT2D eigenvalue weighted by atomic mass is 35.5.